The van der Waals surface area contributed by atoms with E-state index in [1.165, 1.54) is 5.56 Å². The molecule has 0 saturated carbocycles. The van der Waals surface area contributed by atoms with E-state index in [9.17, 15) is 9.90 Å². The van der Waals surface area contributed by atoms with Crippen molar-refractivity contribution < 1.29 is 9.90 Å². The minimum absolute atomic E-state index is 0.0909. The van der Waals surface area contributed by atoms with Crippen molar-refractivity contribution in [3.8, 4) is 0 Å². The summed E-state index contributed by atoms with van der Waals surface area (Å²) in [5.41, 5.74) is 2.33. The van der Waals surface area contributed by atoms with Crippen LogP contribution < -0.4 is 4.90 Å². The van der Waals surface area contributed by atoms with Crippen LogP contribution in [0.15, 0.2) is 24.3 Å². The first-order valence-electron chi connectivity index (χ1n) is 9.69. The number of aliphatic hydroxyl groups is 1. The summed E-state index contributed by atoms with van der Waals surface area (Å²) in [6, 6.07) is 8.44. The number of piperidine rings is 1. The van der Waals surface area contributed by atoms with E-state index in [0.717, 1.165) is 43.9 Å². The number of aliphatic hydroxyl groups excluding tert-OH is 1. The highest BCUT2D eigenvalue weighted by Gasteiger charge is 2.32. The van der Waals surface area contributed by atoms with Gasteiger partial charge in [-0.3, -0.25) is 9.69 Å². The normalized spacial score (nSPS) is 20.9. The highest BCUT2D eigenvalue weighted by Crippen LogP contribution is 2.32. The Hall–Kier alpha value is -2.25. The van der Waals surface area contributed by atoms with E-state index in [0.29, 0.717) is 18.3 Å². The number of nitrogens with zero attached hydrogens (tertiary/aromatic N) is 5. The van der Waals surface area contributed by atoms with Gasteiger partial charge in [0.2, 0.25) is 5.91 Å². The van der Waals surface area contributed by atoms with E-state index in [1.54, 1.807) is 0 Å². The first-order valence-corrected chi connectivity index (χ1v) is 9.69. The zero-order valence-electron chi connectivity index (χ0n) is 16.0. The molecule has 7 heteroatoms. The Bertz CT molecular complexity index is 826. The van der Waals surface area contributed by atoms with E-state index in [1.807, 2.05) is 28.6 Å². The summed E-state index contributed by atoms with van der Waals surface area (Å²) in [4.78, 5) is 17.2. The quantitative estimate of drug-likeness (QED) is 0.883. The molecule has 2 aliphatic rings. The zero-order chi connectivity index (χ0) is 19.0. The molecule has 1 saturated heterocycles. The van der Waals surface area contributed by atoms with Crippen LogP contribution in [-0.4, -0.2) is 56.4 Å². The molecule has 7 nitrogen and oxygen atoms in total. The Labute approximate surface area is 159 Å². The van der Waals surface area contributed by atoms with Crippen LogP contribution in [-0.2, 0) is 24.9 Å². The van der Waals surface area contributed by atoms with Gasteiger partial charge in [-0.25, -0.2) is 0 Å². The van der Waals surface area contributed by atoms with Gasteiger partial charge in [0.25, 0.3) is 0 Å². The number of rotatable bonds is 4. The monoisotopic (exact) mass is 369 g/mol. The molecule has 2 aliphatic heterocycles. The van der Waals surface area contributed by atoms with Gasteiger partial charge in [0.1, 0.15) is 12.4 Å². The SMILES string of the molecule is C[C@@H]1Cc2ccccc2N1C(=O)CN1CCC(c2nnc(CO)n2C)CC1. The molecule has 0 bridgehead atoms. The number of aromatic nitrogens is 3. The third kappa shape index (κ3) is 3.37. The third-order valence-corrected chi connectivity index (χ3v) is 5.93. The van der Waals surface area contributed by atoms with E-state index < -0.39 is 0 Å². The average Bonchev–Trinajstić information content (AvgIpc) is 3.21. The molecule has 4 rings (SSSR count). The molecule has 0 aliphatic carbocycles. The number of carbonyl (C=O) groups is 1. The highest BCUT2D eigenvalue weighted by atomic mass is 16.3. The molecule has 1 aromatic heterocycles. The second-order valence-electron chi connectivity index (χ2n) is 7.69. The van der Waals surface area contributed by atoms with Crippen LogP contribution in [0.25, 0.3) is 0 Å². The average molecular weight is 369 g/mol. The van der Waals surface area contributed by atoms with Gasteiger partial charge in [0, 0.05) is 24.7 Å². The van der Waals surface area contributed by atoms with Gasteiger partial charge >= 0.3 is 0 Å². The number of amides is 1. The number of anilines is 1. The maximum Gasteiger partial charge on any atom is 0.241 e. The molecule has 2 aromatic rings. The van der Waals surface area contributed by atoms with Crippen LogP contribution in [0.1, 0.15) is 42.9 Å². The Kier molecular flexibility index (Phi) is 4.97. The van der Waals surface area contributed by atoms with Crippen molar-refractivity contribution in [2.45, 2.75) is 44.8 Å². The minimum atomic E-state index is -0.0909. The van der Waals surface area contributed by atoms with Crippen LogP contribution in [0.3, 0.4) is 0 Å². The van der Waals surface area contributed by atoms with Crippen molar-refractivity contribution in [1.82, 2.24) is 19.7 Å². The number of benzene rings is 1. The van der Waals surface area contributed by atoms with Gasteiger partial charge in [-0.2, -0.15) is 0 Å². The van der Waals surface area contributed by atoms with Crippen molar-refractivity contribution in [1.29, 1.82) is 0 Å². The Morgan fingerprint density at radius 3 is 2.67 bits per heavy atom. The summed E-state index contributed by atoms with van der Waals surface area (Å²) < 4.78 is 1.90. The molecular weight excluding hydrogens is 342 g/mol. The Morgan fingerprint density at radius 2 is 1.96 bits per heavy atom. The molecule has 27 heavy (non-hydrogen) atoms. The number of carbonyl (C=O) groups excluding carboxylic acids is 1. The lowest BCUT2D eigenvalue weighted by Gasteiger charge is -2.33. The molecule has 0 spiro atoms. The Balaban J connectivity index is 1.37. The minimum Gasteiger partial charge on any atom is -0.388 e. The molecule has 0 unspecified atom stereocenters. The number of hydrogen-bond donors (Lipinski definition) is 1. The smallest absolute Gasteiger partial charge is 0.241 e. The standard InChI is InChI=1S/C20H27N5O2/c1-14-11-16-5-3-4-6-17(16)25(14)19(27)12-24-9-7-15(8-10-24)20-22-21-18(13-26)23(20)2/h3-6,14-15,26H,7-13H2,1-2H3/t14-/m1/s1. The van der Waals surface area contributed by atoms with Gasteiger partial charge in [0.05, 0.1) is 6.54 Å². The molecule has 1 atom stereocenters. The van der Waals surface area contributed by atoms with Crippen molar-refractivity contribution in [3.05, 3.63) is 41.5 Å². The maximum atomic E-state index is 13.0. The molecule has 1 N–H and O–H groups in total. The number of para-hydroxylation sites is 1. The number of fused-ring (bicyclic) bond motifs is 1. The molecule has 3 heterocycles. The van der Waals surface area contributed by atoms with Gasteiger partial charge in [-0.15, -0.1) is 10.2 Å². The summed E-state index contributed by atoms with van der Waals surface area (Å²) in [5, 5.41) is 17.6. The first-order chi connectivity index (χ1) is 13.1. The van der Waals surface area contributed by atoms with Crippen LogP contribution in [0.5, 0.6) is 0 Å². The third-order valence-electron chi connectivity index (χ3n) is 5.93. The molecule has 144 valence electrons. The van der Waals surface area contributed by atoms with Gasteiger partial charge in [-0.1, -0.05) is 18.2 Å². The maximum absolute atomic E-state index is 13.0. The number of hydrogen-bond acceptors (Lipinski definition) is 5. The molecule has 1 fully saturated rings. The van der Waals surface area contributed by atoms with Crippen LogP contribution in [0, 0.1) is 0 Å². The van der Waals surface area contributed by atoms with E-state index >= 15 is 0 Å². The van der Waals surface area contributed by atoms with Crippen LogP contribution in [0.2, 0.25) is 0 Å². The van der Waals surface area contributed by atoms with Crippen molar-refractivity contribution in [2.24, 2.45) is 7.05 Å². The van der Waals surface area contributed by atoms with Crippen molar-refractivity contribution >= 4 is 11.6 Å². The van der Waals surface area contributed by atoms with Crippen molar-refractivity contribution in [2.75, 3.05) is 24.5 Å². The molecule has 0 radical (unpaired) electrons. The van der Waals surface area contributed by atoms with Gasteiger partial charge in [-0.05, 0) is 50.9 Å². The second-order valence-corrected chi connectivity index (χ2v) is 7.69. The molecular formula is C20H27N5O2. The predicted octanol–water partition coefficient (Wildman–Crippen LogP) is 1.46. The lowest BCUT2D eigenvalue weighted by atomic mass is 9.96. The van der Waals surface area contributed by atoms with Crippen molar-refractivity contribution in [3.63, 3.8) is 0 Å². The van der Waals surface area contributed by atoms with E-state index in [-0.39, 0.29) is 18.6 Å². The fourth-order valence-electron chi connectivity index (χ4n) is 4.43. The summed E-state index contributed by atoms with van der Waals surface area (Å²) >= 11 is 0. The summed E-state index contributed by atoms with van der Waals surface area (Å²) in [5.74, 6) is 2.06. The van der Waals surface area contributed by atoms with E-state index in [2.05, 4.69) is 34.2 Å². The summed E-state index contributed by atoms with van der Waals surface area (Å²) in [6.45, 7) is 4.25. The lowest BCUT2D eigenvalue weighted by molar-refractivity contribution is -0.120. The van der Waals surface area contributed by atoms with E-state index in [4.69, 9.17) is 0 Å². The van der Waals surface area contributed by atoms with Gasteiger partial charge < -0.3 is 14.6 Å². The largest absolute Gasteiger partial charge is 0.388 e. The summed E-state index contributed by atoms with van der Waals surface area (Å²) in [7, 11) is 1.91. The lowest BCUT2D eigenvalue weighted by Crippen LogP contribution is -2.45. The Morgan fingerprint density at radius 1 is 1.22 bits per heavy atom. The highest BCUT2D eigenvalue weighted by molar-refractivity contribution is 5.97. The predicted molar refractivity (Wildman–Crippen MR) is 102 cm³/mol. The van der Waals surface area contributed by atoms with Gasteiger partial charge in [0.15, 0.2) is 5.82 Å². The zero-order valence-corrected chi connectivity index (χ0v) is 16.0. The second kappa shape index (κ2) is 7.40. The fourth-order valence-corrected chi connectivity index (χ4v) is 4.43. The first kappa shape index (κ1) is 18.1. The topological polar surface area (TPSA) is 74.5 Å². The number of likely N-dealkylation sites (tertiary alicyclic amines) is 1. The van der Waals surface area contributed by atoms with Crippen LogP contribution in [0.4, 0.5) is 5.69 Å². The van der Waals surface area contributed by atoms with Crippen LogP contribution >= 0.6 is 0 Å². The molecule has 1 amide bonds. The molecule has 1 aromatic carbocycles. The fraction of sp³-hybridized carbons (Fsp3) is 0.550. The summed E-state index contributed by atoms with van der Waals surface area (Å²) in [6.07, 6.45) is 2.84.